The fourth-order valence-electron chi connectivity index (χ4n) is 0.873. The highest BCUT2D eigenvalue weighted by molar-refractivity contribution is 5.84. The third-order valence-electron chi connectivity index (χ3n) is 2.20. The molecule has 0 amide bonds. The molecule has 0 aromatic carbocycles. The van der Waals surface area contributed by atoms with Gasteiger partial charge in [-0.1, -0.05) is 0 Å². The van der Waals surface area contributed by atoms with E-state index in [1.165, 1.54) is 0 Å². The predicted molar refractivity (Wildman–Crippen MR) is 64.5 cm³/mol. The molecule has 0 spiro atoms. The molecule has 130 valence electrons. The number of carbonyl (C=O) groups excluding carboxylic acids is 1. The van der Waals surface area contributed by atoms with Crippen molar-refractivity contribution >= 4 is 17.7 Å². The van der Waals surface area contributed by atoms with E-state index in [0.717, 1.165) is 0 Å². The Bertz CT molecular complexity index is 351. The van der Waals surface area contributed by atoms with Crippen LogP contribution in [0, 0.1) is 0 Å². The van der Waals surface area contributed by atoms with E-state index >= 15 is 0 Å². The molecule has 5 unspecified atom stereocenters. The Kier molecular flexibility index (Phi) is 11.3. The van der Waals surface area contributed by atoms with Crippen molar-refractivity contribution in [2.75, 3.05) is 13.2 Å². The van der Waals surface area contributed by atoms with Crippen LogP contribution in [0.4, 0.5) is 0 Å². The Morgan fingerprint density at radius 3 is 1.32 bits per heavy atom. The molecule has 0 aromatic rings. The highest BCUT2D eigenvalue weighted by atomic mass is 16.4. The quantitative estimate of drug-likeness (QED) is 0.203. The molecule has 9 N–H and O–H groups in total. The number of aliphatic hydroxyl groups excluding tert-OH is 7. The molecular formula is C10H18O12. The van der Waals surface area contributed by atoms with Crippen LogP contribution in [0.2, 0.25) is 0 Å². The van der Waals surface area contributed by atoms with Gasteiger partial charge in [0, 0.05) is 0 Å². The highest BCUT2D eigenvalue weighted by Gasteiger charge is 2.29. The van der Waals surface area contributed by atoms with Gasteiger partial charge in [0.2, 0.25) is 0 Å². The lowest BCUT2D eigenvalue weighted by molar-refractivity contribution is -0.165. The van der Waals surface area contributed by atoms with Gasteiger partial charge in [-0.15, -0.1) is 0 Å². The largest absolute Gasteiger partial charge is 0.479 e. The Morgan fingerprint density at radius 1 is 0.727 bits per heavy atom. The number of carboxylic acids is 2. The molecule has 12 nitrogen and oxygen atoms in total. The van der Waals surface area contributed by atoms with Crippen LogP contribution < -0.4 is 0 Å². The molecule has 0 saturated heterocycles. The van der Waals surface area contributed by atoms with Gasteiger partial charge in [-0.05, 0) is 0 Å². The normalized spacial score (nSPS) is 17.2. The van der Waals surface area contributed by atoms with Crippen LogP contribution in [-0.2, 0) is 14.4 Å². The number of hydrogen-bond donors (Lipinski definition) is 9. The first-order valence-corrected chi connectivity index (χ1v) is 5.61. The summed E-state index contributed by atoms with van der Waals surface area (Å²) in [6, 6.07) is 0. The monoisotopic (exact) mass is 330 g/mol. The van der Waals surface area contributed by atoms with Gasteiger partial charge in [-0.2, -0.15) is 0 Å². The Morgan fingerprint density at radius 2 is 1.09 bits per heavy atom. The predicted octanol–water partition coefficient (Wildman–Crippen LogP) is -5.50. The summed E-state index contributed by atoms with van der Waals surface area (Å²) in [4.78, 5) is 30.1. The molecule has 12 heteroatoms. The second-order valence-corrected chi connectivity index (χ2v) is 3.88. The number of carbonyl (C=O) groups is 3. The molecule has 22 heavy (non-hydrogen) atoms. The van der Waals surface area contributed by atoms with Gasteiger partial charge >= 0.3 is 11.9 Å². The topological polar surface area (TPSA) is 233 Å². The van der Waals surface area contributed by atoms with E-state index in [0.29, 0.717) is 0 Å². The van der Waals surface area contributed by atoms with Crippen molar-refractivity contribution in [2.45, 2.75) is 30.5 Å². The van der Waals surface area contributed by atoms with E-state index in [1.807, 2.05) is 0 Å². The number of aliphatic hydroxyl groups is 7. The number of hydrogen-bond acceptors (Lipinski definition) is 10. The highest BCUT2D eigenvalue weighted by Crippen LogP contribution is 2.00. The first-order valence-electron chi connectivity index (χ1n) is 5.61. The molecule has 0 aliphatic heterocycles. The second kappa shape index (κ2) is 11.0. The fraction of sp³-hybridized carbons (Fsp3) is 0.700. The molecule has 0 bridgehead atoms. The van der Waals surface area contributed by atoms with E-state index in [-0.39, 0.29) is 0 Å². The minimum Gasteiger partial charge on any atom is -0.479 e. The summed E-state index contributed by atoms with van der Waals surface area (Å²) < 4.78 is 0. The third-order valence-corrected chi connectivity index (χ3v) is 2.20. The average molecular weight is 330 g/mol. The third kappa shape index (κ3) is 7.94. The molecule has 0 aliphatic carbocycles. The SMILES string of the molecule is O=C(CO)C(O)C(O)C(O)CO.O=C(O)C(O)C(O)C(=O)O. The minimum atomic E-state index is -2.27. The fourth-order valence-corrected chi connectivity index (χ4v) is 0.873. The van der Waals surface area contributed by atoms with E-state index in [4.69, 9.17) is 46.0 Å². The Balaban J connectivity index is 0. The maximum absolute atomic E-state index is 10.5. The number of carboxylic acid groups (broad SMARTS) is 2. The standard InChI is InChI=1S/C6H12O6.C4H6O6/c7-1-3(9)5(11)6(12)4(10)2-8;5-1(3(7)8)2(6)4(9)10/h3,5-9,11-12H,1-2H2;1-2,5-6H,(H,7,8)(H,9,10). The zero-order valence-electron chi connectivity index (χ0n) is 11.1. The summed E-state index contributed by atoms with van der Waals surface area (Å²) in [7, 11) is 0. The van der Waals surface area contributed by atoms with Crippen molar-refractivity contribution in [3.05, 3.63) is 0 Å². The van der Waals surface area contributed by atoms with E-state index in [2.05, 4.69) is 0 Å². The maximum Gasteiger partial charge on any atom is 0.335 e. The van der Waals surface area contributed by atoms with Gasteiger partial charge in [0.15, 0.2) is 18.0 Å². The van der Waals surface area contributed by atoms with Crippen LogP contribution in [0.3, 0.4) is 0 Å². The van der Waals surface area contributed by atoms with Gasteiger partial charge < -0.3 is 46.0 Å². The van der Waals surface area contributed by atoms with Crippen LogP contribution in [0.1, 0.15) is 0 Å². The van der Waals surface area contributed by atoms with Crippen LogP contribution >= 0.6 is 0 Å². The summed E-state index contributed by atoms with van der Waals surface area (Å²) in [5.41, 5.74) is 0. The van der Waals surface area contributed by atoms with Crippen LogP contribution in [0.25, 0.3) is 0 Å². The lowest BCUT2D eigenvalue weighted by Crippen LogP contribution is -2.44. The van der Waals surface area contributed by atoms with Gasteiger partial charge in [0.1, 0.15) is 24.9 Å². The molecular weight excluding hydrogens is 312 g/mol. The van der Waals surface area contributed by atoms with Crippen molar-refractivity contribution < 1.29 is 60.3 Å². The van der Waals surface area contributed by atoms with Crippen molar-refractivity contribution in [2.24, 2.45) is 0 Å². The Labute approximate surface area is 123 Å². The van der Waals surface area contributed by atoms with Gasteiger partial charge in [-0.3, -0.25) is 4.79 Å². The second-order valence-electron chi connectivity index (χ2n) is 3.88. The zero-order chi connectivity index (χ0) is 18.0. The van der Waals surface area contributed by atoms with Crippen molar-refractivity contribution in [1.82, 2.24) is 0 Å². The van der Waals surface area contributed by atoms with Crippen molar-refractivity contribution in [3.63, 3.8) is 0 Å². The summed E-state index contributed by atoms with van der Waals surface area (Å²) >= 11 is 0. The molecule has 5 atom stereocenters. The van der Waals surface area contributed by atoms with Crippen LogP contribution in [0.15, 0.2) is 0 Å². The summed E-state index contributed by atoms with van der Waals surface area (Å²) in [5, 5.41) is 75.6. The summed E-state index contributed by atoms with van der Waals surface area (Å²) in [6.45, 7) is -1.69. The van der Waals surface area contributed by atoms with Gasteiger partial charge in [0.05, 0.1) is 6.61 Å². The van der Waals surface area contributed by atoms with Gasteiger partial charge in [0.25, 0.3) is 0 Å². The van der Waals surface area contributed by atoms with Crippen molar-refractivity contribution in [3.8, 4) is 0 Å². The molecule has 0 rings (SSSR count). The number of rotatable bonds is 8. The van der Waals surface area contributed by atoms with Crippen molar-refractivity contribution in [1.29, 1.82) is 0 Å². The first kappa shape index (κ1) is 22.6. The molecule has 0 aliphatic rings. The molecule has 0 radical (unpaired) electrons. The first-order chi connectivity index (χ1) is 10.0. The molecule has 0 fully saturated rings. The summed E-state index contributed by atoms with van der Waals surface area (Å²) in [6.07, 6.45) is -9.75. The molecule has 0 saturated carbocycles. The smallest absolute Gasteiger partial charge is 0.335 e. The van der Waals surface area contributed by atoms with Crippen LogP contribution in [0.5, 0.6) is 0 Å². The van der Waals surface area contributed by atoms with E-state index in [1.54, 1.807) is 0 Å². The van der Waals surface area contributed by atoms with E-state index < -0.39 is 61.5 Å². The number of ketones is 1. The number of aliphatic carboxylic acids is 2. The Hall–Kier alpha value is -1.67. The average Bonchev–Trinajstić information content (AvgIpc) is 2.50. The maximum atomic E-state index is 10.5. The lowest BCUT2D eigenvalue weighted by Gasteiger charge is -2.19. The molecule has 0 heterocycles. The molecule has 0 aromatic heterocycles. The van der Waals surface area contributed by atoms with Crippen LogP contribution in [-0.4, -0.2) is 107 Å². The zero-order valence-corrected chi connectivity index (χ0v) is 11.1. The van der Waals surface area contributed by atoms with E-state index in [9.17, 15) is 14.4 Å². The summed E-state index contributed by atoms with van der Waals surface area (Å²) in [5.74, 6) is -4.54. The minimum absolute atomic E-state index is 0.767. The van der Waals surface area contributed by atoms with Gasteiger partial charge in [-0.25, -0.2) is 9.59 Å². The number of Topliss-reactive ketones (excluding diaryl/α,β-unsaturated/α-hetero) is 1. The lowest BCUT2D eigenvalue weighted by atomic mass is 10.1.